The zero-order valence-corrected chi connectivity index (χ0v) is 13.8. The summed E-state index contributed by atoms with van der Waals surface area (Å²) < 4.78 is 10.6. The van der Waals surface area contributed by atoms with E-state index >= 15 is 0 Å². The van der Waals surface area contributed by atoms with Gasteiger partial charge in [0, 0.05) is 32.3 Å². The lowest BCUT2D eigenvalue weighted by Crippen LogP contribution is -2.24. The van der Waals surface area contributed by atoms with Crippen LogP contribution in [0, 0.1) is 17.8 Å². The maximum absolute atomic E-state index is 11.5. The fourth-order valence-electron chi connectivity index (χ4n) is 3.76. The Morgan fingerprint density at radius 3 is 2.70 bits per heavy atom. The van der Waals surface area contributed by atoms with Gasteiger partial charge in [0.25, 0.3) is 0 Å². The van der Waals surface area contributed by atoms with Crippen LogP contribution in [0.25, 0.3) is 0 Å². The second-order valence-corrected chi connectivity index (χ2v) is 6.72. The van der Waals surface area contributed by atoms with Crippen LogP contribution in [0.15, 0.2) is 18.2 Å². The highest BCUT2D eigenvalue weighted by atomic mass is 16.5. The lowest BCUT2D eigenvalue weighted by atomic mass is 9.92. The van der Waals surface area contributed by atoms with Gasteiger partial charge in [-0.25, -0.2) is 0 Å². The molecule has 2 fully saturated rings. The Morgan fingerprint density at radius 1 is 1.30 bits per heavy atom. The fraction of sp³-hybridized carbons (Fsp3) is 0.611. The molecule has 2 atom stereocenters. The molecule has 5 nitrogen and oxygen atoms in total. The zero-order chi connectivity index (χ0) is 16.4. The van der Waals surface area contributed by atoms with Gasteiger partial charge in [0.15, 0.2) is 0 Å². The molecule has 1 N–H and O–H groups in total. The molecular weight excluding hydrogens is 294 g/mol. The topological polar surface area (TPSA) is 59.0 Å². The van der Waals surface area contributed by atoms with Crippen molar-refractivity contribution in [3.8, 4) is 5.75 Å². The Kier molecular flexibility index (Phi) is 4.87. The maximum Gasteiger partial charge on any atom is 0.308 e. The highest BCUT2D eigenvalue weighted by molar-refractivity contribution is 5.71. The monoisotopic (exact) mass is 319 g/mol. The second-order valence-electron chi connectivity index (χ2n) is 6.72. The van der Waals surface area contributed by atoms with Crippen molar-refractivity contribution in [3.63, 3.8) is 0 Å². The fourth-order valence-corrected chi connectivity index (χ4v) is 3.76. The lowest BCUT2D eigenvalue weighted by molar-refractivity contribution is -0.142. The number of rotatable bonds is 7. The van der Waals surface area contributed by atoms with Crippen molar-refractivity contribution in [2.24, 2.45) is 17.8 Å². The Morgan fingerprint density at radius 2 is 2.09 bits per heavy atom. The molecule has 1 aromatic carbocycles. The van der Waals surface area contributed by atoms with Gasteiger partial charge in [-0.05, 0) is 42.4 Å². The highest BCUT2D eigenvalue weighted by Gasteiger charge is 2.45. The van der Waals surface area contributed by atoms with Gasteiger partial charge in [0.1, 0.15) is 5.75 Å². The summed E-state index contributed by atoms with van der Waals surface area (Å²) in [6.07, 6.45) is 2.39. The molecule has 5 heteroatoms. The quantitative estimate of drug-likeness (QED) is 0.836. The summed E-state index contributed by atoms with van der Waals surface area (Å²) >= 11 is 0. The molecule has 1 aromatic rings. The highest BCUT2D eigenvalue weighted by Crippen LogP contribution is 2.44. The molecule has 0 aromatic heterocycles. The predicted molar refractivity (Wildman–Crippen MR) is 86.3 cm³/mol. The third-order valence-corrected chi connectivity index (χ3v) is 5.04. The number of hydrogen-bond donors (Lipinski definition) is 1. The molecule has 1 aliphatic heterocycles. The number of nitrogens with zero attached hydrogens (tertiary/aromatic N) is 1. The molecule has 1 saturated carbocycles. The van der Waals surface area contributed by atoms with Crippen LogP contribution in [0.1, 0.15) is 24.0 Å². The first kappa shape index (κ1) is 16.3. The van der Waals surface area contributed by atoms with E-state index in [-0.39, 0.29) is 5.92 Å². The first-order valence-electron chi connectivity index (χ1n) is 8.22. The van der Waals surface area contributed by atoms with E-state index in [0.717, 1.165) is 24.4 Å². The van der Waals surface area contributed by atoms with Gasteiger partial charge in [-0.3, -0.25) is 9.69 Å². The minimum absolute atomic E-state index is 0.209. The summed E-state index contributed by atoms with van der Waals surface area (Å²) in [5.41, 5.74) is 2.21. The zero-order valence-electron chi connectivity index (χ0n) is 13.8. The number of benzene rings is 1. The Hall–Kier alpha value is -1.59. The first-order chi connectivity index (χ1) is 11.1. The molecular formula is C18H25NO4. The third-order valence-electron chi connectivity index (χ3n) is 5.04. The third kappa shape index (κ3) is 3.67. The number of aliphatic carboxylic acids is 1. The van der Waals surface area contributed by atoms with E-state index in [1.54, 1.807) is 14.2 Å². The van der Waals surface area contributed by atoms with Crippen molar-refractivity contribution in [1.82, 2.24) is 4.90 Å². The summed E-state index contributed by atoms with van der Waals surface area (Å²) in [5.74, 6) is 0.930. The van der Waals surface area contributed by atoms with Gasteiger partial charge in [0.05, 0.1) is 19.6 Å². The average molecular weight is 319 g/mol. The number of likely N-dealkylation sites (tertiary alicyclic amines) is 1. The van der Waals surface area contributed by atoms with Crippen molar-refractivity contribution in [3.05, 3.63) is 29.3 Å². The maximum atomic E-state index is 11.5. The number of ether oxygens (including phenoxy) is 2. The molecule has 2 aliphatic rings. The van der Waals surface area contributed by atoms with Gasteiger partial charge in [-0.15, -0.1) is 0 Å². The Balaban J connectivity index is 1.69. The lowest BCUT2D eigenvalue weighted by Gasteiger charge is -2.17. The average Bonchev–Trinajstić information content (AvgIpc) is 3.29. The van der Waals surface area contributed by atoms with Crippen molar-refractivity contribution in [2.75, 3.05) is 27.3 Å². The number of carboxylic acid groups (broad SMARTS) is 1. The number of carboxylic acids is 1. The molecule has 126 valence electrons. The Bertz CT molecular complexity index is 570. The molecule has 0 spiro atoms. The second kappa shape index (κ2) is 6.89. The van der Waals surface area contributed by atoms with Gasteiger partial charge >= 0.3 is 5.97 Å². The van der Waals surface area contributed by atoms with E-state index in [4.69, 9.17) is 9.47 Å². The van der Waals surface area contributed by atoms with E-state index in [9.17, 15) is 9.90 Å². The molecule has 1 aliphatic carbocycles. The van der Waals surface area contributed by atoms with Crippen molar-refractivity contribution in [1.29, 1.82) is 0 Å². The van der Waals surface area contributed by atoms with Crippen LogP contribution in [0.4, 0.5) is 0 Å². The molecule has 0 bridgehead atoms. The molecule has 0 radical (unpaired) electrons. The molecule has 1 heterocycles. The number of methoxy groups -OCH3 is 2. The van der Waals surface area contributed by atoms with Crippen LogP contribution >= 0.6 is 0 Å². The summed E-state index contributed by atoms with van der Waals surface area (Å²) in [7, 11) is 3.33. The van der Waals surface area contributed by atoms with Gasteiger partial charge in [-0.2, -0.15) is 0 Å². The summed E-state index contributed by atoms with van der Waals surface area (Å²) in [5, 5.41) is 9.47. The van der Waals surface area contributed by atoms with Crippen LogP contribution < -0.4 is 4.74 Å². The Labute approximate surface area is 137 Å². The number of carbonyl (C=O) groups is 1. The van der Waals surface area contributed by atoms with Crippen molar-refractivity contribution >= 4 is 5.97 Å². The largest absolute Gasteiger partial charge is 0.496 e. The van der Waals surface area contributed by atoms with Crippen LogP contribution in [0.2, 0.25) is 0 Å². The summed E-state index contributed by atoms with van der Waals surface area (Å²) in [6.45, 7) is 2.85. The van der Waals surface area contributed by atoms with Crippen LogP contribution in [-0.2, 0) is 22.7 Å². The molecule has 0 amide bonds. The van der Waals surface area contributed by atoms with E-state index < -0.39 is 5.97 Å². The van der Waals surface area contributed by atoms with Crippen LogP contribution in [-0.4, -0.2) is 43.3 Å². The van der Waals surface area contributed by atoms with Gasteiger partial charge in [-0.1, -0.05) is 6.07 Å². The van der Waals surface area contributed by atoms with Crippen molar-refractivity contribution in [2.45, 2.75) is 26.0 Å². The molecule has 0 unspecified atom stereocenters. The molecule has 1 saturated heterocycles. The first-order valence-corrected chi connectivity index (χ1v) is 8.22. The van der Waals surface area contributed by atoms with Crippen LogP contribution in [0.3, 0.4) is 0 Å². The van der Waals surface area contributed by atoms with E-state index in [1.165, 1.54) is 18.4 Å². The van der Waals surface area contributed by atoms with Gasteiger partial charge < -0.3 is 14.6 Å². The normalized spacial score (nSPS) is 24.8. The predicted octanol–water partition coefficient (Wildman–Crippen LogP) is 2.38. The molecule has 23 heavy (non-hydrogen) atoms. The van der Waals surface area contributed by atoms with E-state index in [2.05, 4.69) is 17.0 Å². The van der Waals surface area contributed by atoms with E-state index in [1.807, 2.05) is 6.07 Å². The van der Waals surface area contributed by atoms with E-state index in [0.29, 0.717) is 25.0 Å². The van der Waals surface area contributed by atoms with Gasteiger partial charge in [0.2, 0.25) is 0 Å². The number of hydrogen-bond acceptors (Lipinski definition) is 4. The van der Waals surface area contributed by atoms with Crippen molar-refractivity contribution < 1.29 is 19.4 Å². The summed E-state index contributed by atoms with van der Waals surface area (Å²) in [4.78, 5) is 13.8. The molecule has 3 rings (SSSR count). The minimum atomic E-state index is -0.640. The minimum Gasteiger partial charge on any atom is -0.496 e. The smallest absolute Gasteiger partial charge is 0.308 e. The SMILES string of the molecule is COCc1cc(CN2C[C@@H](C(=O)O)[C@H](C3CC3)C2)ccc1OC. The standard InChI is InChI=1S/C18H25NO4/c1-22-11-14-7-12(3-6-17(14)23-2)8-19-9-15(13-4-5-13)16(10-19)18(20)21/h3,6-7,13,15-16H,4-5,8-11H2,1-2H3,(H,20,21)/t15-,16+/m0/s1. The van der Waals surface area contributed by atoms with Crippen LogP contribution in [0.5, 0.6) is 5.75 Å². The summed E-state index contributed by atoms with van der Waals surface area (Å²) in [6, 6.07) is 6.12.